The molecule has 0 unspecified atom stereocenters. The summed E-state index contributed by atoms with van der Waals surface area (Å²) in [6.45, 7) is 1.12. The smallest absolute Gasteiger partial charge is 0.293 e. The van der Waals surface area contributed by atoms with Crippen molar-refractivity contribution in [3.05, 3.63) is 32.8 Å². The quantitative estimate of drug-likeness (QED) is 0.666. The maximum Gasteiger partial charge on any atom is 0.293 e. The second-order valence-electron chi connectivity index (χ2n) is 3.78. The van der Waals surface area contributed by atoms with Crippen molar-refractivity contribution in [3.8, 4) is 0 Å². The van der Waals surface area contributed by atoms with Crippen molar-refractivity contribution < 1.29 is 10.0 Å². The van der Waals surface area contributed by atoms with Gasteiger partial charge in [0.2, 0.25) is 0 Å². The highest BCUT2D eigenvalue weighted by molar-refractivity contribution is 9.10. The van der Waals surface area contributed by atoms with E-state index in [1.807, 2.05) is 4.90 Å². The van der Waals surface area contributed by atoms with Crippen LogP contribution in [0.3, 0.4) is 0 Å². The van der Waals surface area contributed by atoms with Crippen LogP contribution in [0.4, 0.5) is 11.4 Å². The van der Waals surface area contributed by atoms with E-state index in [0.717, 1.165) is 0 Å². The number of nitro groups is 1. The number of β-amino-alcohol motifs (C(OH)–C–C–N with tert-alkyl or cyclic N) is 1. The van der Waals surface area contributed by atoms with Gasteiger partial charge in [-0.15, -0.1) is 0 Å². The Hall–Kier alpha value is -1.14. The van der Waals surface area contributed by atoms with Crippen molar-refractivity contribution >= 4 is 27.3 Å². The lowest BCUT2D eigenvalue weighted by atomic mass is 10.2. The van der Waals surface area contributed by atoms with E-state index in [4.69, 9.17) is 0 Å². The van der Waals surface area contributed by atoms with E-state index in [1.54, 1.807) is 12.1 Å². The van der Waals surface area contributed by atoms with Crippen LogP contribution in [0.1, 0.15) is 6.42 Å². The molecular weight excluding hydrogens is 276 g/mol. The fraction of sp³-hybridized carbons (Fsp3) is 0.400. The normalized spacial score (nSPS) is 20.1. The van der Waals surface area contributed by atoms with Crippen LogP contribution in [-0.2, 0) is 0 Å². The monoisotopic (exact) mass is 286 g/mol. The topological polar surface area (TPSA) is 66.6 Å². The summed E-state index contributed by atoms with van der Waals surface area (Å²) in [5, 5.41) is 20.3. The molecule has 1 atom stereocenters. The Labute approximate surface area is 101 Å². The molecule has 0 aromatic heterocycles. The zero-order chi connectivity index (χ0) is 11.7. The first-order chi connectivity index (χ1) is 7.58. The van der Waals surface area contributed by atoms with Crippen LogP contribution in [0.5, 0.6) is 0 Å². The van der Waals surface area contributed by atoms with Gasteiger partial charge in [-0.05, 0) is 18.6 Å². The summed E-state index contributed by atoms with van der Waals surface area (Å²) in [5.74, 6) is 0. The standard InChI is InChI=1S/C10H11BrN2O3/c11-7-1-2-9(10(5-7)13(15)16)12-4-3-8(14)6-12/h1-2,5,8,14H,3-4,6H2/t8-/m1/s1. The lowest BCUT2D eigenvalue weighted by Gasteiger charge is -2.17. The van der Waals surface area contributed by atoms with E-state index in [-0.39, 0.29) is 11.8 Å². The van der Waals surface area contributed by atoms with Crippen molar-refractivity contribution in [2.24, 2.45) is 0 Å². The minimum atomic E-state index is -0.398. The Bertz CT molecular complexity index is 425. The van der Waals surface area contributed by atoms with E-state index in [2.05, 4.69) is 15.9 Å². The SMILES string of the molecule is O=[N+]([O-])c1cc(Br)ccc1N1CC[C@@H](O)C1. The average Bonchev–Trinajstić information content (AvgIpc) is 2.64. The van der Waals surface area contributed by atoms with Crippen molar-refractivity contribution in [1.82, 2.24) is 0 Å². The summed E-state index contributed by atoms with van der Waals surface area (Å²) in [6.07, 6.45) is 0.274. The van der Waals surface area contributed by atoms with Crippen LogP contribution in [0.15, 0.2) is 22.7 Å². The van der Waals surface area contributed by atoms with Crippen LogP contribution in [0, 0.1) is 10.1 Å². The summed E-state index contributed by atoms with van der Waals surface area (Å²) in [6, 6.07) is 4.97. The minimum Gasteiger partial charge on any atom is -0.391 e. The average molecular weight is 287 g/mol. The molecule has 5 nitrogen and oxygen atoms in total. The first-order valence-corrected chi connectivity index (χ1v) is 5.74. The van der Waals surface area contributed by atoms with Gasteiger partial charge >= 0.3 is 0 Å². The molecule has 0 aliphatic carbocycles. The third-order valence-corrected chi connectivity index (χ3v) is 3.13. The molecule has 1 N–H and O–H groups in total. The van der Waals surface area contributed by atoms with E-state index in [1.165, 1.54) is 6.07 Å². The highest BCUT2D eigenvalue weighted by Gasteiger charge is 2.26. The van der Waals surface area contributed by atoms with Crippen LogP contribution in [-0.4, -0.2) is 29.2 Å². The molecule has 1 saturated heterocycles. The molecular formula is C10H11BrN2O3. The van der Waals surface area contributed by atoms with Gasteiger partial charge in [0, 0.05) is 23.6 Å². The third-order valence-electron chi connectivity index (χ3n) is 2.64. The predicted molar refractivity (Wildman–Crippen MR) is 63.6 cm³/mol. The van der Waals surface area contributed by atoms with Crippen molar-refractivity contribution in [2.75, 3.05) is 18.0 Å². The van der Waals surface area contributed by atoms with E-state index >= 15 is 0 Å². The van der Waals surface area contributed by atoms with Gasteiger partial charge in [-0.2, -0.15) is 0 Å². The number of aliphatic hydroxyl groups is 1. The van der Waals surface area contributed by atoms with Crippen LogP contribution in [0.2, 0.25) is 0 Å². The first-order valence-electron chi connectivity index (χ1n) is 4.95. The molecule has 0 saturated carbocycles. The Kier molecular flexibility index (Phi) is 3.11. The number of rotatable bonds is 2. The zero-order valence-corrected chi connectivity index (χ0v) is 10.1. The molecule has 1 aromatic rings. The molecule has 86 valence electrons. The maximum absolute atomic E-state index is 10.9. The van der Waals surface area contributed by atoms with Crippen LogP contribution < -0.4 is 4.90 Å². The molecule has 6 heteroatoms. The zero-order valence-electron chi connectivity index (χ0n) is 8.47. The Balaban J connectivity index is 2.36. The van der Waals surface area contributed by atoms with Gasteiger partial charge < -0.3 is 10.0 Å². The fourth-order valence-corrected chi connectivity index (χ4v) is 2.22. The fourth-order valence-electron chi connectivity index (χ4n) is 1.87. The second kappa shape index (κ2) is 4.39. The van der Waals surface area contributed by atoms with Crippen molar-refractivity contribution in [1.29, 1.82) is 0 Å². The Morgan fingerprint density at radius 2 is 2.31 bits per heavy atom. The summed E-state index contributed by atoms with van der Waals surface area (Å²) in [4.78, 5) is 12.4. The van der Waals surface area contributed by atoms with E-state index < -0.39 is 4.92 Å². The highest BCUT2D eigenvalue weighted by Crippen LogP contribution is 2.33. The predicted octanol–water partition coefficient (Wildman–Crippen LogP) is 1.93. The van der Waals surface area contributed by atoms with Gasteiger partial charge in [-0.1, -0.05) is 15.9 Å². The second-order valence-corrected chi connectivity index (χ2v) is 4.69. The lowest BCUT2D eigenvalue weighted by Crippen LogP contribution is -2.22. The highest BCUT2D eigenvalue weighted by atomic mass is 79.9. The van der Waals surface area contributed by atoms with Crippen LogP contribution in [0.25, 0.3) is 0 Å². The maximum atomic E-state index is 10.9. The Morgan fingerprint density at radius 1 is 1.56 bits per heavy atom. The molecule has 1 fully saturated rings. The van der Waals surface area contributed by atoms with Gasteiger partial charge in [0.15, 0.2) is 0 Å². The number of halogens is 1. The van der Waals surface area contributed by atoms with Gasteiger partial charge in [0.25, 0.3) is 5.69 Å². The Morgan fingerprint density at radius 3 is 2.88 bits per heavy atom. The number of nitrogens with zero attached hydrogens (tertiary/aromatic N) is 2. The number of hydrogen-bond donors (Lipinski definition) is 1. The number of anilines is 1. The molecule has 1 aliphatic rings. The van der Waals surface area contributed by atoms with Crippen LogP contribution >= 0.6 is 15.9 Å². The molecule has 1 aliphatic heterocycles. The number of benzene rings is 1. The molecule has 16 heavy (non-hydrogen) atoms. The lowest BCUT2D eigenvalue weighted by molar-refractivity contribution is -0.384. The first kappa shape index (κ1) is 11.3. The van der Waals surface area contributed by atoms with Crippen molar-refractivity contribution in [3.63, 3.8) is 0 Å². The molecule has 1 aromatic carbocycles. The third kappa shape index (κ3) is 2.17. The number of nitro benzene ring substituents is 1. The van der Waals surface area contributed by atoms with E-state index in [0.29, 0.717) is 29.7 Å². The van der Waals surface area contributed by atoms with Gasteiger partial charge in [-0.25, -0.2) is 0 Å². The largest absolute Gasteiger partial charge is 0.391 e. The van der Waals surface area contributed by atoms with Gasteiger partial charge in [0.05, 0.1) is 11.0 Å². The summed E-state index contributed by atoms with van der Waals surface area (Å²) < 4.78 is 0.683. The summed E-state index contributed by atoms with van der Waals surface area (Å²) in [7, 11) is 0. The van der Waals surface area contributed by atoms with Crippen molar-refractivity contribution in [2.45, 2.75) is 12.5 Å². The minimum absolute atomic E-state index is 0.0727. The van der Waals surface area contributed by atoms with Gasteiger partial charge in [-0.3, -0.25) is 10.1 Å². The molecule has 2 rings (SSSR count). The van der Waals surface area contributed by atoms with E-state index in [9.17, 15) is 15.2 Å². The molecule has 0 amide bonds. The summed E-state index contributed by atoms with van der Waals surface area (Å²) >= 11 is 3.21. The molecule has 0 spiro atoms. The summed E-state index contributed by atoms with van der Waals surface area (Å²) in [5.41, 5.74) is 0.647. The number of aliphatic hydroxyl groups excluding tert-OH is 1. The molecule has 0 bridgehead atoms. The molecule has 1 heterocycles. The van der Waals surface area contributed by atoms with Gasteiger partial charge in [0.1, 0.15) is 5.69 Å². The number of hydrogen-bond acceptors (Lipinski definition) is 4. The molecule has 0 radical (unpaired) electrons.